The first-order valence-electron chi connectivity index (χ1n) is 7.23. The molecule has 2 aliphatic rings. The van der Waals surface area contributed by atoms with Crippen LogP contribution < -0.4 is 0 Å². The first-order valence-corrected chi connectivity index (χ1v) is 6.23. The molecule has 0 heterocycles. The second kappa shape index (κ2) is 3.81. The highest BCUT2D eigenvalue weighted by Gasteiger charge is 2.47. The highest BCUT2D eigenvalue weighted by atomic mass is 14.5. The second-order valence-corrected chi connectivity index (χ2v) is 6.06. The number of fused-ring (bicyclic) bond motifs is 1. The standard InChI is InChI=1S/C15H24/c1-11-6-5-7-12(2)13-10-15(3,4)14(13)9-8-11/h6,13-14H,2,5,7-10H2,1,3-4H3/t13-,14-/m1/s1/i2D2. The lowest BCUT2D eigenvalue weighted by atomic mass is 9.52. The van der Waals surface area contributed by atoms with E-state index in [0.29, 0.717) is 17.3 Å². The zero-order chi connectivity index (χ0) is 12.6. The van der Waals surface area contributed by atoms with Crippen molar-refractivity contribution >= 4 is 0 Å². The molecule has 0 heteroatoms. The van der Waals surface area contributed by atoms with Crippen LogP contribution in [-0.2, 0) is 0 Å². The van der Waals surface area contributed by atoms with Gasteiger partial charge in [0.2, 0.25) is 0 Å². The summed E-state index contributed by atoms with van der Waals surface area (Å²) in [6.45, 7) is 6.99. The monoisotopic (exact) mass is 206 g/mol. The van der Waals surface area contributed by atoms with E-state index in [4.69, 9.17) is 2.74 Å². The molecule has 0 bridgehead atoms. The summed E-state index contributed by atoms with van der Waals surface area (Å²) in [5, 5.41) is 0. The largest absolute Gasteiger partial charge is 0.0996 e. The summed E-state index contributed by atoms with van der Waals surface area (Å²) in [6, 6.07) is 0. The van der Waals surface area contributed by atoms with Crippen molar-refractivity contribution < 1.29 is 2.74 Å². The van der Waals surface area contributed by atoms with Crippen LogP contribution >= 0.6 is 0 Å². The predicted octanol–water partition coefficient (Wildman–Crippen LogP) is 4.73. The minimum atomic E-state index is 0.0865. The Labute approximate surface area is 97.3 Å². The molecule has 2 atom stereocenters. The van der Waals surface area contributed by atoms with Gasteiger partial charge in [0, 0.05) is 0 Å². The SMILES string of the molecule is [2H]C([2H])=C1CCC=C(C)CC[C@@H]2[C@@H]1CC2(C)C. The number of hydrogen-bond donors (Lipinski definition) is 0. The van der Waals surface area contributed by atoms with Gasteiger partial charge < -0.3 is 0 Å². The van der Waals surface area contributed by atoms with Crippen LogP contribution in [0.1, 0.15) is 55.6 Å². The molecule has 0 aromatic rings. The van der Waals surface area contributed by atoms with Crippen LogP contribution in [0.3, 0.4) is 0 Å². The molecule has 0 unspecified atom stereocenters. The first-order chi connectivity index (χ1) is 7.92. The Morgan fingerprint density at radius 3 is 2.93 bits per heavy atom. The van der Waals surface area contributed by atoms with Crippen LogP contribution in [0.5, 0.6) is 0 Å². The minimum Gasteiger partial charge on any atom is -0.0996 e. The summed E-state index contributed by atoms with van der Waals surface area (Å²) in [4.78, 5) is 0. The normalized spacial score (nSPS) is 37.0. The maximum absolute atomic E-state index is 7.67. The molecule has 0 radical (unpaired) electrons. The average Bonchev–Trinajstić information content (AvgIpc) is 2.26. The topological polar surface area (TPSA) is 0 Å². The number of hydrogen-bond acceptors (Lipinski definition) is 0. The quantitative estimate of drug-likeness (QED) is 0.503. The summed E-state index contributed by atoms with van der Waals surface area (Å²) in [6.07, 6.45) is 7.86. The van der Waals surface area contributed by atoms with Crippen LogP contribution in [0, 0.1) is 17.3 Å². The van der Waals surface area contributed by atoms with Gasteiger partial charge in [-0.05, 0) is 56.3 Å². The van der Waals surface area contributed by atoms with Gasteiger partial charge in [0.15, 0.2) is 0 Å². The fourth-order valence-corrected chi connectivity index (χ4v) is 3.35. The van der Waals surface area contributed by atoms with E-state index < -0.39 is 0 Å². The van der Waals surface area contributed by atoms with Gasteiger partial charge in [-0.1, -0.05) is 37.6 Å². The Bertz CT molecular complexity index is 359. The third-order valence-electron chi connectivity index (χ3n) is 4.44. The third kappa shape index (κ3) is 2.04. The van der Waals surface area contributed by atoms with E-state index in [9.17, 15) is 0 Å². The molecule has 0 amide bonds. The smallest absolute Gasteiger partial charge is 0.0537 e. The molecule has 84 valence electrons. The lowest BCUT2D eigenvalue weighted by Gasteiger charge is -2.53. The van der Waals surface area contributed by atoms with E-state index in [1.807, 2.05) is 0 Å². The van der Waals surface area contributed by atoms with E-state index in [0.717, 1.165) is 18.4 Å². The molecule has 0 aromatic carbocycles. The van der Waals surface area contributed by atoms with Crippen LogP contribution in [0.15, 0.2) is 23.8 Å². The van der Waals surface area contributed by atoms with E-state index in [1.54, 1.807) is 0 Å². The van der Waals surface area contributed by atoms with Gasteiger partial charge in [-0.3, -0.25) is 0 Å². The fourth-order valence-electron chi connectivity index (χ4n) is 3.35. The molecule has 2 aliphatic carbocycles. The van der Waals surface area contributed by atoms with Crippen LogP contribution in [0.2, 0.25) is 0 Å². The predicted molar refractivity (Wildman–Crippen MR) is 66.7 cm³/mol. The van der Waals surface area contributed by atoms with E-state index >= 15 is 0 Å². The molecule has 2 rings (SSSR count). The fraction of sp³-hybridized carbons (Fsp3) is 0.733. The zero-order valence-electron chi connectivity index (χ0n) is 12.3. The summed E-state index contributed by atoms with van der Waals surface area (Å²) in [5.41, 5.74) is 3.01. The zero-order valence-corrected chi connectivity index (χ0v) is 10.3. The molecule has 0 aromatic heterocycles. The second-order valence-electron chi connectivity index (χ2n) is 6.06. The average molecular weight is 206 g/mol. The van der Waals surface area contributed by atoms with Crippen LogP contribution in [-0.4, -0.2) is 0 Å². The lowest BCUT2D eigenvalue weighted by Crippen LogP contribution is -2.44. The molecule has 1 saturated carbocycles. The van der Waals surface area contributed by atoms with Crippen molar-refractivity contribution in [3.8, 4) is 0 Å². The van der Waals surface area contributed by atoms with E-state index in [2.05, 4.69) is 26.8 Å². The maximum Gasteiger partial charge on any atom is 0.0537 e. The van der Waals surface area contributed by atoms with Gasteiger partial charge in [-0.2, -0.15) is 0 Å². The molecule has 0 aliphatic heterocycles. The van der Waals surface area contributed by atoms with Crippen molar-refractivity contribution in [2.45, 2.75) is 52.9 Å². The minimum absolute atomic E-state index is 0.0865. The van der Waals surface area contributed by atoms with Crippen molar-refractivity contribution in [2.24, 2.45) is 17.3 Å². The lowest BCUT2D eigenvalue weighted by molar-refractivity contribution is 0.00384. The summed E-state index contributed by atoms with van der Waals surface area (Å²) in [5.74, 6) is 1.21. The molecule has 0 spiro atoms. The molecular weight excluding hydrogens is 180 g/mol. The van der Waals surface area contributed by atoms with Crippen molar-refractivity contribution in [1.82, 2.24) is 0 Å². The molecular formula is C15H24. The highest BCUT2D eigenvalue weighted by Crippen LogP contribution is 2.56. The Balaban J connectivity index is 2.24. The highest BCUT2D eigenvalue weighted by molar-refractivity contribution is 5.16. The van der Waals surface area contributed by atoms with E-state index in [1.165, 1.54) is 24.8 Å². The van der Waals surface area contributed by atoms with Gasteiger partial charge in [-0.25, -0.2) is 0 Å². The Morgan fingerprint density at radius 2 is 2.27 bits per heavy atom. The van der Waals surface area contributed by atoms with Crippen molar-refractivity contribution in [3.05, 3.63) is 23.8 Å². The van der Waals surface area contributed by atoms with Crippen molar-refractivity contribution in [3.63, 3.8) is 0 Å². The van der Waals surface area contributed by atoms with Crippen molar-refractivity contribution in [1.29, 1.82) is 0 Å². The van der Waals surface area contributed by atoms with Crippen molar-refractivity contribution in [2.75, 3.05) is 0 Å². The Hall–Kier alpha value is -0.520. The molecule has 0 N–H and O–H groups in total. The summed E-state index contributed by atoms with van der Waals surface area (Å²) in [7, 11) is 0. The van der Waals surface area contributed by atoms with Crippen LogP contribution in [0.25, 0.3) is 0 Å². The van der Waals surface area contributed by atoms with Gasteiger partial charge in [0.1, 0.15) is 0 Å². The summed E-state index contributed by atoms with van der Waals surface area (Å²) >= 11 is 0. The summed E-state index contributed by atoms with van der Waals surface area (Å²) < 4.78 is 15.3. The molecule has 0 nitrogen and oxygen atoms in total. The molecule has 0 saturated heterocycles. The maximum atomic E-state index is 7.67. The third-order valence-corrected chi connectivity index (χ3v) is 4.44. The first kappa shape index (κ1) is 8.61. The van der Waals surface area contributed by atoms with Gasteiger partial charge in [-0.15, -0.1) is 0 Å². The Morgan fingerprint density at radius 1 is 1.47 bits per heavy atom. The molecule has 1 fully saturated rings. The van der Waals surface area contributed by atoms with E-state index in [-0.39, 0.29) is 6.53 Å². The number of rotatable bonds is 0. The number of allylic oxidation sites excluding steroid dienone is 3. The van der Waals surface area contributed by atoms with Crippen LogP contribution in [0.4, 0.5) is 0 Å². The van der Waals surface area contributed by atoms with Gasteiger partial charge >= 0.3 is 0 Å². The van der Waals surface area contributed by atoms with Gasteiger partial charge in [0.25, 0.3) is 0 Å². The molecule has 15 heavy (non-hydrogen) atoms. The Kier molecular flexibility index (Phi) is 2.19. The van der Waals surface area contributed by atoms with Gasteiger partial charge in [0.05, 0.1) is 2.74 Å².